The van der Waals surface area contributed by atoms with E-state index in [1.54, 1.807) is 24.3 Å². The summed E-state index contributed by atoms with van der Waals surface area (Å²) < 4.78 is 47.6. The lowest BCUT2D eigenvalue weighted by molar-refractivity contribution is -0.114. The van der Waals surface area contributed by atoms with Gasteiger partial charge in [-0.15, -0.1) is 0 Å². The minimum atomic E-state index is -3.89. The third kappa shape index (κ3) is 4.22. The van der Waals surface area contributed by atoms with Gasteiger partial charge in [-0.2, -0.15) is 4.31 Å². The first-order chi connectivity index (χ1) is 16.3. The molecule has 0 spiro atoms. The van der Waals surface area contributed by atoms with Gasteiger partial charge in [-0.05, 0) is 54.1 Å². The van der Waals surface area contributed by atoms with Crippen LogP contribution in [0.25, 0.3) is 0 Å². The van der Waals surface area contributed by atoms with Crippen molar-refractivity contribution in [3.63, 3.8) is 0 Å². The minimum Gasteiger partial charge on any atom is -0.493 e. The van der Waals surface area contributed by atoms with E-state index in [0.717, 1.165) is 5.69 Å². The van der Waals surface area contributed by atoms with Gasteiger partial charge in [-0.25, -0.2) is 8.42 Å². The van der Waals surface area contributed by atoms with Gasteiger partial charge in [0.2, 0.25) is 21.7 Å². The molecule has 1 aromatic heterocycles. The quantitative estimate of drug-likeness (QED) is 0.552. The Morgan fingerprint density at radius 1 is 0.971 bits per heavy atom. The van der Waals surface area contributed by atoms with E-state index in [1.807, 2.05) is 22.9 Å². The summed E-state index contributed by atoms with van der Waals surface area (Å²) in [5, 5.41) is 2.65. The Hall–Kier alpha value is -3.50. The second kappa shape index (κ2) is 9.40. The van der Waals surface area contributed by atoms with Crippen LogP contribution in [0.2, 0.25) is 0 Å². The van der Waals surface area contributed by atoms with Crippen LogP contribution in [-0.4, -0.2) is 51.1 Å². The largest absolute Gasteiger partial charge is 0.493 e. The number of carbonyl (C=O) groups is 1. The third-order valence-electron chi connectivity index (χ3n) is 5.78. The van der Waals surface area contributed by atoms with Crippen LogP contribution in [0.4, 0.5) is 5.69 Å². The standard InChI is InChI=1S/C24H27N3O6S/c1-16(28)25-18-7-9-19(10-8-18)34(29,30)27-13-12-26-11-5-6-20(26)23(27)17-14-21(31-2)24(33-4)22(15-17)32-3/h5-11,14-15,23H,12-13H2,1-4H3,(H,25,28). The molecule has 0 saturated heterocycles. The van der Waals surface area contributed by atoms with Crippen LogP contribution in [0, 0.1) is 0 Å². The molecule has 0 saturated carbocycles. The van der Waals surface area contributed by atoms with E-state index >= 15 is 0 Å². The van der Waals surface area contributed by atoms with E-state index in [2.05, 4.69) is 5.32 Å². The first-order valence-electron chi connectivity index (χ1n) is 10.6. The van der Waals surface area contributed by atoms with Crippen molar-refractivity contribution in [2.24, 2.45) is 0 Å². The Labute approximate surface area is 198 Å². The highest BCUT2D eigenvalue weighted by molar-refractivity contribution is 7.89. The number of ether oxygens (including phenoxy) is 3. The van der Waals surface area contributed by atoms with Gasteiger partial charge in [0.1, 0.15) is 0 Å². The van der Waals surface area contributed by atoms with Gasteiger partial charge in [0.05, 0.1) is 32.3 Å². The number of hydrogen-bond acceptors (Lipinski definition) is 6. The van der Waals surface area contributed by atoms with E-state index in [4.69, 9.17) is 14.2 Å². The molecule has 0 radical (unpaired) electrons. The Morgan fingerprint density at radius 3 is 2.18 bits per heavy atom. The van der Waals surface area contributed by atoms with Crippen molar-refractivity contribution < 1.29 is 27.4 Å². The van der Waals surface area contributed by atoms with Crippen molar-refractivity contribution in [2.45, 2.75) is 24.4 Å². The minimum absolute atomic E-state index is 0.138. The molecule has 1 aliphatic heterocycles. The zero-order valence-electron chi connectivity index (χ0n) is 19.4. The lowest BCUT2D eigenvalue weighted by Gasteiger charge is -2.36. The van der Waals surface area contributed by atoms with Crippen LogP contribution in [0.1, 0.15) is 24.2 Å². The number of nitrogens with one attached hydrogen (secondary N) is 1. The van der Waals surface area contributed by atoms with E-state index in [9.17, 15) is 13.2 Å². The SMILES string of the molecule is COc1cc(C2c3cccn3CCN2S(=O)(=O)c2ccc(NC(C)=O)cc2)cc(OC)c1OC. The van der Waals surface area contributed by atoms with Crippen LogP contribution in [-0.2, 0) is 21.4 Å². The molecule has 3 aromatic rings. The van der Waals surface area contributed by atoms with E-state index in [-0.39, 0.29) is 17.3 Å². The van der Waals surface area contributed by atoms with Crippen molar-refractivity contribution in [2.75, 3.05) is 33.2 Å². The highest BCUT2D eigenvalue weighted by Crippen LogP contribution is 2.44. The predicted octanol–water partition coefficient (Wildman–Crippen LogP) is 3.27. The second-order valence-corrected chi connectivity index (χ2v) is 9.70. The van der Waals surface area contributed by atoms with Gasteiger partial charge in [-0.1, -0.05) is 0 Å². The average Bonchev–Trinajstić information content (AvgIpc) is 3.31. The van der Waals surface area contributed by atoms with Gasteiger partial charge >= 0.3 is 0 Å². The number of nitrogens with zero attached hydrogens (tertiary/aromatic N) is 2. The number of fused-ring (bicyclic) bond motifs is 1. The lowest BCUT2D eigenvalue weighted by Crippen LogP contribution is -2.42. The molecular weight excluding hydrogens is 458 g/mol. The molecule has 2 heterocycles. The summed E-state index contributed by atoms with van der Waals surface area (Å²) in [6, 6.07) is 12.9. The number of methoxy groups -OCH3 is 3. The maximum Gasteiger partial charge on any atom is 0.244 e. The Balaban J connectivity index is 1.82. The third-order valence-corrected chi connectivity index (χ3v) is 7.66. The van der Waals surface area contributed by atoms with E-state index in [0.29, 0.717) is 35.0 Å². The smallest absolute Gasteiger partial charge is 0.244 e. The molecule has 34 heavy (non-hydrogen) atoms. The maximum atomic E-state index is 13.8. The number of aromatic nitrogens is 1. The van der Waals surface area contributed by atoms with Crippen molar-refractivity contribution >= 4 is 21.6 Å². The van der Waals surface area contributed by atoms with Gasteiger partial charge < -0.3 is 24.1 Å². The topological polar surface area (TPSA) is 99.1 Å². The first-order valence-corrected chi connectivity index (χ1v) is 12.1. The normalized spacial score (nSPS) is 15.9. The number of carbonyl (C=O) groups excluding carboxylic acids is 1. The van der Waals surface area contributed by atoms with Crippen LogP contribution in [0.3, 0.4) is 0 Å². The van der Waals surface area contributed by atoms with Crippen molar-refractivity contribution in [3.05, 3.63) is 66.0 Å². The molecule has 10 heteroatoms. The summed E-state index contributed by atoms with van der Waals surface area (Å²) >= 11 is 0. The van der Waals surface area contributed by atoms with Crippen LogP contribution < -0.4 is 19.5 Å². The fourth-order valence-corrected chi connectivity index (χ4v) is 5.85. The number of sulfonamides is 1. The zero-order chi connectivity index (χ0) is 24.5. The van der Waals surface area contributed by atoms with Gasteiger partial charge in [0, 0.05) is 37.6 Å². The molecule has 1 unspecified atom stereocenters. The number of rotatable bonds is 7. The monoisotopic (exact) mass is 485 g/mol. The highest BCUT2D eigenvalue weighted by Gasteiger charge is 2.38. The van der Waals surface area contributed by atoms with Crippen LogP contribution in [0.15, 0.2) is 59.6 Å². The summed E-state index contributed by atoms with van der Waals surface area (Å²) in [5.41, 5.74) is 2.05. The number of amides is 1. The summed E-state index contributed by atoms with van der Waals surface area (Å²) in [6.07, 6.45) is 1.94. The molecule has 0 bridgehead atoms. The average molecular weight is 486 g/mol. The summed E-state index contributed by atoms with van der Waals surface area (Å²) in [4.78, 5) is 11.5. The Kier molecular flexibility index (Phi) is 6.54. The van der Waals surface area contributed by atoms with Crippen LogP contribution in [0.5, 0.6) is 17.2 Å². The number of hydrogen-bond donors (Lipinski definition) is 1. The second-order valence-electron chi connectivity index (χ2n) is 7.81. The number of anilines is 1. The summed E-state index contributed by atoms with van der Waals surface area (Å²) in [6.45, 7) is 2.20. The molecule has 4 rings (SSSR count). The van der Waals surface area contributed by atoms with Gasteiger partial charge in [-0.3, -0.25) is 4.79 Å². The first kappa shape index (κ1) is 23.7. The molecule has 0 fully saturated rings. The molecular formula is C24H27N3O6S. The van der Waals surface area contributed by atoms with Gasteiger partial charge in [0.25, 0.3) is 0 Å². The maximum absolute atomic E-state index is 13.8. The van der Waals surface area contributed by atoms with E-state index in [1.165, 1.54) is 44.7 Å². The van der Waals surface area contributed by atoms with Crippen molar-refractivity contribution in [1.82, 2.24) is 8.87 Å². The lowest BCUT2D eigenvalue weighted by atomic mass is 10.0. The molecule has 0 aliphatic carbocycles. The molecule has 1 N–H and O–H groups in total. The number of benzene rings is 2. The molecule has 9 nitrogen and oxygen atoms in total. The Morgan fingerprint density at radius 2 is 1.62 bits per heavy atom. The Bertz CT molecular complexity index is 1280. The summed E-state index contributed by atoms with van der Waals surface area (Å²) in [5.74, 6) is 1.09. The van der Waals surface area contributed by atoms with Crippen molar-refractivity contribution in [3.8, 4) is 17.2 Å². The van der Waals surface area contributed by atoms with Crippen LogP contribution >= 0.6 is 0 Å². The van der Waals surface area contributed by atoms with Gasteiger partial charge in [0.15, 0.2) is 11.5 Å². The molecule has 1 aliphatic rings. The van der Waals surface area contributed by atoms with E-state index < -0.39 is 16.1 Å². The zero-order valence-corrected chi connectivity index (χ0v) is 20.3. The van der Waals surface area contributed by atoms with Crippen molar-refractivity contribution in [1.29, 1.82) is 0 Å². The fourth-order valence-electron chi connectivity index (χ4n) is 4.27. The summed E-state index contributed by atoms with van der Waals surface area (Å²) in [7, 11) is 0.683. The fraction of sp³-hybridized carbons (Fsp3) is 0.292. The highest BCUT2D eigenvalue weighted by atomic mass is 32.2. The molecule has 2 aromatic carbocycles. The molecule has 180 valence electrons. The molecule has 1 amide bonds. The molecule has 1 atom stereocenters. The predicted molar refractivity (Wildman–Crippen MR) is 127 cm³/mol.